The van der Waals surface area contributed by atoms with Crippen LogP contribution in [0.3, 0.4) is 0 Å². The zero-order valence-electron chi connectivity index (χ0n) is 31.0. The van der Waals surface area contributed by atoms with Crippen LogP contribution >= 0.6 is 0 Å². The van der Waals surface area contributed by atoms with Crippen LogP contribution in [-0.4, -0.2) is 16.4 Å². The first-order chi connectivity index (χ1) is 27.4. The van der Waals surface area contributed by atoms with Gasteiger partial charge in [0.1, 0.15) is 0 Å². The van der Waals surface area contributed by atoms with E-state index in [-0.39, 0.29) is 11.8 Å². The summed E-state index contributed by atoms with van der Waals surface area (Å²) in [5.74, 6) is -0.680. The molecule has 10 rings (SSSR count). The summed E-state index contributed by atoms with van der Waals surface area (Å²) < 4.78 is 2.17. The van der Waals surface area contributed by atoms with E-state index in [2.05, 4.69) is 103 Å². The number of fused-ring (bicyclic) bond motifs is 4. The predicted molar refractivity (Wildman–Crippen MR) is 230 cm³/mol. The van der Waals surface area contributed by atoms with Crippen LogP contribution in [0.2, 0.25) is 0 Å². The maximum Gasteiger partial charge on any atom is 0.268 e. The molecule has 0 fully saturated rings. The largest absolute Gasteiger partial charge is 0.308 e. The molecule has 0 aliphatic carbocycles. The Morgan fingerprint density at radius 3 is 1.34 bits per heavy atom. The second-order valence-electron chi connectivity index (χ2n) is 14.6. The van der Waals surface area contributed by atoms with Gasteiger partial charge in [0.25, 0.3) is 11.8 Å². The van der Waals surface area contributed by atoms with Crippen LogP contribution in [0.4, 0.5) is 5.69 Å². The summed E-state index contributed by atoms with van der Waals surface area (Å²) >= 11 is 0. The van der Waals surface area contributed by atoms with Crippen molar-refractivity contribution < 1.29 is 9.59 Å². The van der Waals surface area contributed by atoms with Gasteiger partial charge in [-0.1, -0.05) is 157 Å². The van der Waals surface area contributed by atoms with E-state index in [0.29, 0.717) is 22.5 Å². The molecule has 0 unspecified atom stereocenters. The van der Waals surface area contributed by atoms with Gasteiger partial charge in [0, 0.05) is 21.9 Å². The number of nitrogens with zero attached hydrogens (tertiary/aromatic N) is 2. The normalized spacial score (nSPS) is 12.5. The fourth-order valence-electron chi connectivity index (χ4n) is 8.43. The van der Waals surface area contributed by atoms with Crippen LogP contribution in [0.25, 0.3) is 72.0 Å². The van der Waals surface area contributed by atoms with E-state index in [4.69, 9.17) is 0 Å². The van der Waals surface area contributed by atoms with Gasteiger partial charge in [0.2, 0.25) is 0 Å². The third kappa shape index (κ3) is 5.38. The van der Waals surface area contributed by atoms with Crippen molar-refractivity contribution in [3.8, 4) is 50.2 Å². The van der Waals surface area contributed by atoms with Crippen LogP contribution in [-0.2, 0) is 0 Å². The number of anilines is 1. The number of carbonyl (C=O) groups is 2. The van der Waals surface area contributed by atoms with E-state index in [9.17, 15) is 4.79 Å². The van der Waals surface area contributed by atoms with Crippen molar-refractivity contribution in [3.05, 3.63) is 204 Å². The first-order valence-corrected chi connectivity index (χ1v) is 18.9. The molecule has 4 heteroatoms. The maximum absolute atomic E-state index is 15.2. The molecule has 1 aromatic heterocycles. The number of para-hydroxylation sites is 1. The molecule has 0 atom stereocenters. The Kier molecular flexibility index (Phi) is 7.86. The van der Waals surface area contributed by atoms with Crippen molar-refractivity contribution in [2.75, 3.05) is 4.90 Å². The summed E-state index contributed by atoms with van der Waals surface area (Å²) in [4.78, 5) is 31.4. The fraction of sp³-hybridized carbons (Fsp3) is 0.0385. The van der Waals surface area contributed by atoms with Gasteiger partial charge in [-0.05, 0) is 83.6 Å². The van der Waals surface area contributed by atoms with Gasteiger partial charge in [-0.3, -0.25) is 9.59 Å². The smallest absolute Gasteiger partial charge is 0.268 e. The Bertz CT molecular complexity index is 2870. The number of aryl methyl sites for hydroxylation is 2. The highest BCUT2D eigenvalue weighted by molar-refractivity contribution is 6.37. The van der Waals surface area contributed by atoms with Gasteiger partial charge in [0.05, 0.1) is 33.5 Å². The predicted octanol–water partition coefficient (Wildman–Crippen LogP) is 12.9. The highest BCUT2D eigenvalue weighted by Crippen LogP contribution is 2.45. The van der Waals surface area contributed by atoms with Gasteiger partial charge in [-0.2, -0.15) is 0 Å². The summed E-state index contributed by atoms with van der Waals surface area (Å²) in [6, 6.07) is 61.8. The van der Waals surface area contributed by atoms with Crippen molar-refractivity contribution >= 4 is 39.3 Å². The first-order valence-electron chi connectivity index (χ1n) is 18.9. The Balaban J connectivity index is 1.20. The molecule has 0 saturated carbocycles. The topological polar surface area (TPSA) is 42.3 Å². The van der Waals surface area contributed by atoms with Crippen molar-refractivity contribution in [3.63, 3.8) is 0 Å². The van der Waals surface area contributed by atoms with Crippen LogP contribution in [0, 0.1) is 13.8 Å². The fourth-order valence-corrected chi connectivity index (χ4v) is 8.43. The number of rotatable bonds is 6. The quantitative estimate of drug-likeness (QED) is 0.161. The summed E-state index contributed by atoms with van der Waals surface area (Å²) in [7, 11) is 0. The molecule has 0 bridgehead atoms. The molecule has 2 heterocycles. The Labute approximate surface area is 325 Å². The Hall–Kier alpha value is -7.30. The molecule has 0 spiro atoms. The number of carbonyl (C=O) groups excluding carboxylic acids is 2. The summed E-state index contributed by atoms with van der Waals surface area (Å²) in [6.45, 7) is 4.22. The van der Waals surface area contributed by atoms with Crippen LogP contribution in [0.1, 0.15) is 31.8 Å². The molecule has 8 aromatic carbocycles. The van der Waals surface area contributed by atoms with Gasteiger partial charge >= 0.3 is 0 Å². The maximum atomic E-state index is 15.2. The number of hydrogen-bond donors (Lipinski definition) is 0. The van der Waals surface area contributed by atoms with Gasteiger partial charge in [-0.15, -0.1) is 0 Å². The molecule has 0 N–H and O–H groups in total. The minimum Gasteiger partial charge on any atom is -0.308 e. The lowest BCUT2D eigenvalue weighted by atomic mass is 9.95. The highest BCUT2D eigenvalue weighted by Gasteiger charge is 2.41. The zero-order valence-corrected chi connectivity index (χ0v) is 31.0. The molecule has 266 valence electrons. The summed E-state index contributed by atoms with van der Waals surface area (Å²) in [5, 5.41) is 2.14. The third-order valence-corrected chi connectivity index (χ3v) is 11.0. The molecular formula is C52H36N2O2. The lowest BCUT2D eigenvalue weighted by Crippen LogP contribution is -2.30. The van der Waals surface area contributed by atoms with Crippen molar-refractivity contribution in [1.29, 1.82) is 0 Å². The monoisotopic (exact) mass is 720 g/mol. The number of aromatic nitrogens is 1. The number of hydrogen-bond acceptors (Lipinski definition) is 2. The first kappa shape index (κ1) is 33.3. The Morgan fingerprint density at radius 1 is 0.375 bits per heavy atom. The molecular weight excluding hydrogens is 685 g/mol. The third-order valence-electron chi connectivity index (χ3n) is 11.0. The van der Waals surface area contributed by atoms with Crippen LogP contribution < -0.4 is 4.90 Å². The standard InChI is InChI=1S/C52H36N2O2/c1-33-13-9-19-37(29-33)39-25-27-46-44(31-39)45-32-40(38-20-10-14-34(2)30-38)26-28-47(45)53(46)48-24-12-23-43-49(48)52(56)54(51(43)55)50-41(35-15-5-3-6-16-35)21-11-22-42(50)36-17-7-4-8-18-36/h3-32H,1-2H3. The molecule has 1 aliphatic heterocycles. The molecule has 0 saturated heterocycles. The molecule has 1 aliphatic rings. The number of imide groups is 1. The van der Waals surface area contributed by atoms with E-state index < -0.39 is 0 Å². The van der Waals surface area contributed by atoms with E-state index >= 15 is 4.79 Å². The second-order valence-corrected chi connectivity index (χ2v) is 14.6. The van der Waals surface area contributed by atoms with Gasteiger partial charge < -0.3 is 4.57 Å². The van der Waals surface area contributed by atoms with Crippen molar-refractivity contribution in [2.45, 2.75) is 13.8 Å². The van der Waals surface area contributed by atoms with Gasteiger partial charge in [0.15, 0.2) is 0 Å². The van der Waals surface area contributed by atoms with Crippen molar-refractivity contribution in [1.82, 2.24) is 4.57 Å². The molecule has 9 aromatic rings. The van der Waals surface area contributed by atoms with Gasteiger partial charge in [-0.25, -0.2) is 4.90 Å². The Morgan fingerprint density at radius 2 is 0.821 bits per heavy atom. The number of amides is 2. The van der Waals surface area contributed by atoms with E-state index in [0.717, 1.165) is 66.3 Å². The van der Waals surface area contributed by atoms with Crippen LogP contribution in [0.15, 0.2) is 182 Å². The number of benzene rings is 8. The molecule has 2 amide bonds. The summed E-state index contributed by atoms with van der Waals surface area (Å²) in [6.07, 6.45) is 0. The average molecular weight is 721 g/mol. The van der Waals surface area contributed by atoms with Crippen molar-refractivity contribution in [2.24, 2.45) is 0 Å². The second kappa shape index (κ2) is 13.2. The minimum absolute atomic E-state index is 0.336. The molecule has 56 heavy (non-hydrogen) atoms. The minimum atomic E-state index is -0.344. The van der Waals surface area contributed by atoms with Crippen LogP contribution in [0.5, 0.6) is 0 Å². The average Bonchev–Trinajstić information content (AvgIpc) is 3.70. The molecule has 4 nitrogen and oxygen atoms in total. The zero-order chi connectivity index (χ0) is 37.9. The lowest BCUT2D eigenvalue weighted by molar-refractivity contribution is 0.0926. The lowest BCUT2D eigenvalue weighted by Gasteiger charge is -2.23. The summed E-state index contributed by atoms with van der Waals surface area (Å²) in [5.41, 5.74) is 14.3. The highest BCUT2D eigenvalue weighted by atomic mass is 16.2. The SMILES string of the molecule is Cc1cccc(-c2ccc3c(c2)c2cc(-c4cccc(C)c4)ccc2n3-c2cccc3c2C(=O)N(c2c(-c4ccccc4)cccc2-c2ccccc2)C3=O)c1. The molecule has 0 radical (unpaired) electrons. The van der Waals surface area contributed by atoms with E-state index in [1.54, 1.807) is 6.07 Å². The van der Waals surface area contributed by atoms with E-state index in [1.807, 2.05) is 91.0 Å². The van der Waals surface area contributed by atoms with E-state index in [1.165, 1.54) is 16.0 Å².